The van der Waals surface area contributed by atoms with Crippen LogP contribution in [-0.2, 0) is 19.0 Å². The quantitative estimate of drug-likeness (QED) is 0.740. The first-order chi connectivity index (χ1) is 10.9. The van der Waals surface area contributed by atoms with Gasteiger partial charge < -0.3 is 14.2 Å². The van der Waals surface area contributed by atoms with Gasteiger partial charge in [-0.2, -0.15) is 18.1 Å². The lowest BCUT2D eigenvalue weighted by molar-refractivity contribution is -0.343. The first-order valence-electron chi connectivity index (χ1n) is 7.32. The maximum Gasteiger partial charge on any atom is 0.443 e. The van der Waals surface area contributed by atoms with Crippen molar-refractivity contribution in [2.45, 2.75) is 36.7 Å². The molecule has 1 spiro atoms. The fraction of sp³-hybridized carbons (Fsp3) is 0.533. The zero-order valence-electron chi connectivity index (χ0n) is 12.0. The molecular weight excluding hydrogens is 315 g/mol. The summed E-state index contributed by atoms with van der Waals surface area (Å²) in [5.74, 6) is -2.51. The third-order valence-electron chi connectivity index (χ3n) is 4.58. The van der Waals surface area contributed by atoms with E-state index in [1.807, 2.05) is 0 Å². The Kier molecular flexibility index (Phi) is 3.04. The normalized spacial score (nSPS) is 33.2. The average Bonchev–Trinajstić information content (AvgIpc) is 3.16. The molecule has 5 nitrogen and oxygen atoms in total. The van der Waals surface area contributed by atoms with E-state index in [1.165, 1.54) is 0 Å². The summed E-state index contributed by atoms with van der Waals surface area (Å²) in [5, 5.41) is 0. The van der Waals surface area contributed by atoms with Gasteiger partial charge in [0.15, 0.2) is 0 Å². The van der Waals surface area contributed by atoms with Crippen LogP contribution in [0.3, 0.4) is 0 Å². The summed E-state index contributed by atoms with van der Waals surface area (Å²) in [4.78, 5) is 13.2. The number of esters is 1. The first kappa shape index (κ1) is 14.9. The van der Waals surface area contributed by atoms with Crippen LogP contribution in [0.15, 0.2) is 30.3 Å². The molecule has 0 bridgehead atoms. The van der Waals surface area contributed by atoms with Crippen molar-refractivity contribution in [3.63, 3.8) is 0 Å². The average molecular weight is 329 g/mol. The number of carbonyl (C=O) groups excluding carboxylic acids is 1. The summed E-state index contributed by atoms with van der Waals surface area (Å²) < 4.78 is 57.2. The third kappa shape index (κ3) is 1.88. The monoisotopic (exact) mass is 329 g/mol. The molecule has 23 heavy (non-hydrogen) atoms. The van der Waals surface area contributed by atoms with E-state index in [9.17, 15) is 18.0 Å². The largest absolute Gasteiger partial charge is 0.443 e. The zero-order valence-corrected chi connectivity index (χ0v) is 12.0. The van der Waals surface area contributed by atoms with Crippen molar-refractivity contribution in [1.82, 2.24) is 4.90 Å². The molecule has 0 radical (unpaired) electrons. The van der Waals surface area contributed by atoms with Crippen molar-refractivity contribution in [2.75, 3.05) is 13.2 Å². The maximum atomic E-state index is 13.8. The SMILES string of the molecule is O=C1O[C@]2(C(F)(F)F)CCC3(OCCO3)N2[C@H]1c1ccccc1. The predicted octanol–water partition coefficient (Wildman–Crippen LogP) is 2.34. The van der Waals surface area contributed by atoms with E-state index in [4.69, 9.17) is 14.2 Å². The van der Waals surface area contributed by atoms with Gasteiger partial charge in [0, 0.05) is 12.8 Å². The first-order valence-corrected chi connectivity index (χ1v) is 7.32. The fourth-order valence-electron chi connectivity index (χ4n) is 3.66. The van der Waals surface area contributed by atoms with Crippen molar-refractivity contribution >= 4 is 5.97 Å². The number of ether oxygens (including phenoxy) is 3. The van der Waals surface area contributed by atoms with Crippen LogP contribution >= 0.6 is 0 Å². The number of alkyl halides is 3. The predicted molar refractivity (Wildman–Crippen MR) is 69.8 cm³/mol. The van der Waals surface area contributed by atoms with Crippen LogP contribution in [0, 0.1) is 0 Å². The highest BCUT2D eigenvalue weighted by Crippen LogP contribution is 2.59. The molecule has 0 N–H and O–H groups in total. The van der Waals surface area contributed by atoms with Gasteiger partial charge in [-0.1, -0.05) is 30.3 Å². The van der Waals surface area contributed by atoms with E-state index < -0.39 is 36.2 Å². The van der Waals surface area contributed by atoms with Crippen LogP contribution in [0.1, 0.15) is 24.4 Å². The molecule has 124 valence electrons. The molecule has 0 unspecified atom stereocenters. The number of benzene rings is 1. The van der Waals surface area contributed by atoms with Gasteiger partial charge in [0.2, 0.25) is 5.91 Å². The van der Waals surface area contributed by atoms with Crippen molar-refractivity contribution in [3.05, 3.63) is 35.9 Å². The number of carbonyl (C=O) groups is 1. The van der Waals surface area contributed by atoms with Gasteiger partial charge in [-0.05, 0) is 5.56 Å². The van der Waals surface area contributed by atoms with Crippen LogP contribution in [0.4, 0.5) is 13.2 Å². The molecule has 4 rings (SSSR count). The Bertz CT molecular complexity index is 629. The molecule has 0 aromatic heterocycles. The van der Waals surface area contributed by atoms with Crippen molar-refractivity contribution in [1.29, 1.82) is 0 Å². The zero-order chi connectivity index (χ0) is 16.3. The molecule has 2 atom stereocenters. The highest BCUT2D eigenvalue weighted by Gasteiger charge is 2.78. The molecule has 3 saturated heterocycles. The molecular formula is C15H14F3NO4. The summed E-state index contributed by atoms with van der Waals surface area (Å²) in [7, 11) is 0. The summed E-state index contributed by atoms with van der Waals surface area (Å²) >= 11 is 0. The molecule has 8 heteroatoms. The minimum Gasteiger partial charge on any atom is -0.432 e. The maximum absolute atomic E-state index is 13.8. The summed E-state index contributed by atoms with van der Waals surface area (Å²) in [6.07, 6.45) is -5.17. The molecule has 1 aromatic carbocycles. The molecule has 3 aliphatic heterocycles. The number of hydrogen-bond donors (Lipinski definition) is 0. The molecule has 0 saturated carbocycles. The van der Waals surface area contributed by atoms with Gasteiger partial charge in [0.1, 0.15) is 6.04 Å². The van der Waals surface area contributed by atoms with Gasteiger partial charge in [-0.15, -0.1) is 0 Å². The Morgan fingerprint density at radius 3 is 2.35 bits per heavy atom. The Morgan fingerprint density at radius 1 is 1.09 bits per heavy atom. The lowest BCUT2D eigenvalue weighted by Gasteiger charge is -2.39. The minimum absolute atomic E-state index is 0.0108. The Hall–Kier alpha value is -1.64. The van der Waals surface area contributed by atoms with Crippen molar-refractivity contribution < 1.29 is 32.2 Å². The summed E-state index contributed by atoms with van der Waals surface area (Å²) in [5.41, 5.74) is -2.28. The van der Waals surface area contributed by atoms with Crippen molar-refractivity contribution in [2.24, 2.45) is 0 Å². The van der Waals surface area contributed by atoms with Gasteiger partial charge in [0.25, 0.3) is 5.72 Å². The van der Waals surface area contributed by atoms with E-state index >= 15 is 0 Å². The van der Waals surface area contributed by atoms with Gasteiger partial charge in [-0.3, -0.25) is 0 Å². The Balaban J connectivity index is 1.86. The lowest BCUT2D eigenvalue weighted by Crippen LogP contribution is -2.59. The number of halogens is 3. The number of rotatable bonds is 1. The van der Waals surface area contributed by atoms with Crippen LogP contribution in [0.2, 0.25) is 0 Å². The summed E-state index contributed by atoms with van der Waals surface area (Å²) in [6, 6.07) is 7.03. The highest BCUT2D eigenvalue weighted by molar-refractivity contribution is 5.80. The van der Waals surface area contributed by atoms with Gasteiger partial charge in [0.05, 0.1) is 13.2 Å². The Labute approximate surface area is 129 Å². The second-order valence-corrected chi connectivity index (χ2v) is 5.80. The molecule has 3 heterocycles. The van der Waals surface area contributed by atoms with Crippen LogP contribution in [0.25, 0.3) is 0 Å². The smallest absolute Gasteiger partial charge is 0.432 e. The van der Waals surface area contributed by atoms with Gasteiger partial charge >= 0.3 is 12.1 Å². The molecule has 3 aliphatic rings. The molecule has 0 amide bonds. The second-order valence-electron chi connectivity index (χ2n) is 5.80. The number of hydrogen-bond acceptors (Lipinski definition) is 5. The van der Waals surface area contributed by atoms with E-state index in [0.29, 0.717) is 5.56 Å². The van der Waals surface area contributed by atoms with Gasteiger partial charge in [-0.25, -0.2) is 4.79 Å². The lowest BCUT2D eigenvalue weighted by atomic mass is 10.0. The van der Waals surface area contributed by atoms with Crippen LogP contribution in [-0.4, -0.2) is 41.9 Å². The van der Waals surface area contributed by atoms with Crippen LogP contribution < -0.4 is 0 Å². The van der Waals surface area contributed by atoms with E-state index in [0.717, 1.165) is 4.90 Å². The van der Waals surface area contributed by atoms with E-state index in [-0.39, 0.29) is 19.6 Å². The fourth-order valence-corrected chi connectivity index (χ4v) is 3.66. The number of fused-ring (bicyclic) bond motifs is 2. The third-order valence-corrected chi connectivity index (χ3v) is 4.58. The standard InChI is InChI=1S/C15H14F3NO4/c16-15(17,18)13-6-7-14(21-8-9-22-14)19(13)11(12(20)23-13)10-4-2-1-3-5-10/h1-5,11H,6-9H2/t11-,13-/m0/s1. The van der Waals surface area contributed by atoms with E-state index in [2.05, 4.69) is 0 Å². The minimum atomic E-state index is -4.75. The summed E-state index contributed by atoms with van der Waals surface area (Å²) in [6.45, 7) is 0.361. The second kappa shape index (κ2) is 4.68. The molecule has 1 aromatic rings. The number of nitrogens with zero attached hydrogens (tertiary/aromatic N) is 1. The Morgan fingerprint density at radius 2 is 1.74 bits per heavy atom. The van der Waals surface area contributed by atoms with E-state index in [1.54, 1.807) is 30.3 Å². The molecule has 3 fully saturated rings. The highest BCUT2D eigenvalue weighted by atomic mass is 19.4. The van der Waals surface area contributed by atoms with Crippen molar-refractivity contribution in [3.8, 4) is 0 Å². The van der Waals surface area contributed by atoms with Crippen LogP contribution in [0.5, 0.6) is 0 Å². The molecule has 0 aliphatic carbocycles. The topological polar surface area (TPSA) is 48.0 Å².